The third kappa shape index (κ3) is 2.77. The first kappa shape index (κ1) is 14.1. The summed E-state index contributed by atoms with van der Waals surface area (Å²) in [6.07, 6.45) is 2.45. The summed E-state index contributed by atoms with van der Waals surface area (Å²) < 4.78 is 11.1. The molecule has 23 heavy (non-hydrogen) atoms. The van der Waals surface area contributed by atoms with E-state index >= 15 is 0 Å². The van der Waals surface area contributed by atoms with Gasteiger partial charge < -0.3 is 14.4 Å². The summed E-state index contributed by atoms with van der Waals surface area (Å²) in [6.45, 7) is 3.22. The molecule has 0 bridgehead atoms. The molecule has 4 nitrogen and oxygen atoms in total. The number of hydrogen-bond donors (Lipinski definition) is 0. The van der Waals surface area contributed by atoms with Crippen LogP contribution in [0.4, 0.5) is 5.69 Å². The van der Waals surface area contributed by atoms with Gasteiger partial charge in [-0.15, -0.1) is 0 Å². The van der Waals surface area contributed by atoms with Gasteiger partial charge in [0.15, 0.2) is 17.3 Å². The minimum absolute atomic E-state index is 0.0167. The summed E-state index contributed by atoms with van der Waals surface area (Å²) >= 11 is 0. The summed E-state index contributed by atoms with van der Waals surface area (Å²) in [4.78, 5) is 15.1. The predicted octanol–water partition coefficient (Wildman–Crippen LogP) is 3.29. The number of benzene rings is 2. The second kappa shape index (κ2) is 5.95. The van der Waals surface area contributed by atoms with Crippen LogP contribution in [0.5, 0.6) is 11.5 Å². The van der Waals surface area contributed by atoms with E-state index in [1.165, 1.54) is 12.8 Å². The van der Waals surface area contributed by atoms with Crippen LogP contribution in [0.3, 0.4) is 0 Å². The number of carbonyl (C=O) groups is 1. The SMILES string of the molecule is O=C(c1cccc(N2CCCC2)c1)c1ccc2c(c1)OCCO2. The molecule has 2 heterocycles. The zero-order valence-electron chi connectivity index (χ0n) is 13.0. The highest BCUT2D eigenvalue weighted by atomic mass is 16.6. The van der Waals surface area contributed by atoms with Crippen LogP contribution in [0.1, 0.15) is 28.8 Å². The standard InChI is InChI=1S/C19H19NO3/c21-19(15-6-7-17-18(13-15)23-11-10-22-17)14-4-3-5-16(12-14)20-8-1-2-9-20/h3-7,12-13H,1-2,8-11H2. The van der Waals surface area contributed by atoms with E-state index < -0.39 is 0 Å². The van der Waals surface area contributed by atoms with Crippen molar-refractivity contribution >= 4 is 11.5 Å². The van der Waals surface area contributed by atoms with Crippen molar-refractivity contribution in [1.29, 1.82) is 0 Å². The largest absolute Gasteiger partial charge is 0.486 e. The Balaban J connectivity index is 1.62. The Bertz CT molecular complexity index is 735. The highest BCUT2D eigenvalue weighted by Crippen LogP contribution is 2.32. The average Bonchev–Trinajstić information content (AvgIpc) is 3.15. The van der Waals surface area contributed by atoms with Gasteiger partial charge >= 0.3 is 0 Å². The first-order valence-corrected chi connectivity index (χ1v) is 8.11. The van der Waals surface area contributed by atoms with E-state index in [-0.39, 0.29) is 5.78 Å². The third-order valence-corrected chi connectivity index (χ3v) is 4.38. The Hall–Kier alpha value is -2.49. The maximum Gasteiger partial charge on any atom is 0.193 e. The summed E-state index contributed by atoms with van der Waals surface area (Å²) in [5.74, 6) is 1.37. The highest BCUT2D eigenvalue weighted by molar-refractivity contribution is 6.09. The van der Waals surface area contributed by atoms with Crippen LogP contribution in [-0.2, 0) is 0 Å². The van der Waals surface area contributed by atoms with E-state index in [4.69, 9.17) is 9.47 Å². The first-order valence-electron chi connectivity index (χ1n) is 8.11. The van der Waals surface area contributed by atoms with Gasteiger partial charge in [0, 0.05) is 29.9 Å². The molecule has 118 valence electrons. The minimum Gasteiger partial charge on any atom is -0.486 e. The van der Waals surface area contributed by atoms with Gasteiger partial charge in [-0.3, -0.25) is 4.79 Å². The van der Waals surface area contributed by atoms with Crippen molar-refractivity contribution in [2.45, 2.75) is 12.8 Å². The summed E-state index contributed by atoms with van der Waals surface area (Å²) in [7, 11) is 0. The Kier molecular flexibility index (Phi) is 3.66. The number of ether oxygens (including phenoxy) is 2. The molecule has 2 aliphatic rings. The van der Waals surface area contributed by atoms with Crippen LogP contribution >= 0.6 is 0 Å². The summed E-state index contributed by atoms with van der Waals surface area (Å²) in [5, 5.41) is 0. The molecule has 0 saturated carbocycles. The van der Waals surface area contributed by atoms with Gasteiger partial charge in [0.25, 0.3) is 0 Å². The molecule has 0 N–H and O–H groups in total. The molecule has 0 spiro atoms. The normalized spacial score (nSPS) is 16.4. The zero-order chi connectivity index (χ0) is 15.6. The van der Waals surface area contributed by atoms with Crippen molar-refractivity contribution in [2.24, 2.45) is 0 Å². The number of carbonyl (C=O) groups excluding carboxylic acids is 1. The van der Waals surface area contributed by atoms with Gasteiger partial charge in [0.1, 0.15) is 13.2 Å². The maximum absolute atomic E-state index is 12.8. The molecule has 2 aromatic carbocycles. The summed E-state index contributed by atoms with van der Waals surface area (Å²) in [5.41, 5.74) is 2.48. The lowest BCUT2D eigenvalue weighted by Gasteiger charge is -2.19. The maximum atomic E-state index is 12.8. The summed E-state index contributed by atoms with van der Waals surface area (Å²) in [6, 6.07) is 13.3. The number of anilines is 1. The highest BCUT2D eigenvalue weighted by Gasteiger charge is 2.18. The van der Waals surface area contributed by atoms with Crippen LogP contribution in [0.15, 0.2) is 42.5 Å². The predicted molar refractivity (Wildman–Crippen MR) is 88.8 cm³/mol. The Labute approximate surface area is 135 Å². The van der Waals surface area contributed by atoms with Gasteiger partial charge in [-0.1, -0.05) is 12.1 Å². The molecule has 1 saturated heterocycles. The quantitative estimate of drug-likeness (QED) is 0.816. The minimum atomic E-state index is 0.0167. The van der Waals surface area contributed by atoms with Gasteiger partial charge in [0.05, 0.1) is 0 Å². The number of ketones is 1. The smallest absolute Gasteiger partial charge is 0.193 e. The lowest BCUT2D eigenvalue weighted by molar-refractivity contribution is 0.103. The van der Waals surface area contributed by atoms with E-state index in [9.17, 15) is 4.79 Å². The average molecular weight is 309 g/mol. The topological polar surface area (TPSA) is 38.8 Å². The second-order valence-corrected chi connectivity index (χ2v) is 5.93. The molecule has 4 heteroatoms. The Morgan fingerprint density at radius 1 is 0.870 bits per heavy atom. The van der Waals surface area contributed by atoms with Crippen LogP contribution in [0.25, 0.3) is 0 Å². The van der Waals surface area contributed by atoms with Gasteiger partial charge in [-0.05, 0) is 43.2 Å². The number of nitrogens with zero attached hydrogens (tertiary/aromatic N) is 1. The number of fused-ring (bicyclic) bond motifs is 1. The molecular weight excluding hydrogens is 290 g/mol. The molecule has 0 unspecified atom stereocenters. The third-order valence-electron chi connectivity index (χ3n) is 4.38. The fourth-order valence-electron chi connectivity index (χ4n) is 3.17. The fraction of sp³-hybridized carbons (Fsp3) is 0.316. The van der Waals surface area contributed by atoms with Crippen LogP contribution in [-0.4, -0.2) is 32.1 Å². The van der Waals surface area contributed by atoms with E-state index in [1.807, 2.05) is 24.3 Å². The Morgan fingerprint density at radius 2 is 1.61 bits per heavy atom. The van der Waals surface area contributed by atoms with Crippen molar-refractivity contribution in [3.05, 3.63) is 53.6 Å². The van der Waals surface area contributed by atoms with Crippen molar-refractivity contribution in [3.63, 3.8) is 0 Å². The van der Waals surface area contributed by atoms with E-state index in [2.05, 4.69) is 11.0 Å². The molecule has 4 rings (SSSR count). The van der Waals surface area contributed by atoms with E-state index in [0.29, 0.717) is 35.8 Å². The molecule has 0 atom stereocenters. The molecule has 0 aromatic heterocycles. The van der Waals surface area contributed by atoms with Crippen molar-refractivity contribution in [3.8, 4) is 11.5 Å². The van der Waals surface area contributed by atoms with Crippen molar-refractivity contribution in [1.82, 2.24) is 0 Å². The number of hydrogen-bond acceptors (Lipinski definition) is 4. The fourth-order valence-corrected chi connectivity index (χ4v) is 3.17. The molecule has 1 fully saturated rings. The first-order chi connectivity index (χ1) is 11.3. The van der Waals surface area contributed by atoms with Gasteiger partial charge in [0.2, 0.25) is 0 Å². The van der Waals surface area contributed by atoms with Crippen molar-refractivity contribution < 1.29 is 14.3 Å². The molecule has 2 aromatic rings. The molecular formula is C19H19NO3. The molecule has 0 aliphatic carbocycles. The lowest BCUT2D eigenvalue weighted by atomic mass is 10.0. The van der Waals surface area contributed by atoms with E-state index in [0.717, 1.165) is 18.8 Å². The molecule has 2 aliphatic heterocycles. The van der Waals surface area contributed by atoms with Crippen molar-refractivity contribution in [2.75, 3.05) is 31.2 Å². The Morgan fingerprint density at radius 3 is 2.43 bits per heavy atom. The van der Waals surface area contributed by atoms with Gasteiger partial charge in [-0.25, -0.2) is 0 Å². The van der Waals surface area contributed by atoms with Crippen LogP contribution in [0, 0.1) is 0 Å². The van der Waals surface area contributed by atoms with Gasteiger partial charge in [-0.2, -0.15) is 0 Å². The second-order valence-electron chi connectivity index (χ2n) is 5.93. The lowest BCUT2D eigenvalue weighted by Crippen LogP contribution is -2.18. The number of rotatable bonds is 3. The molecule has 0 radical (unpaired) electrons. The zero-order valence-corrected chi connectivity index (χ0v) is 13.0. The van der Waals surface area contributed by atoms with Crippen LogP contribution < -0.4 is 14.4 Å². The van der Waals surface area contributed by atoms with Crippen LogP contribution in [0.2, 0.25) is 0 Å². The molecule has 0 amide bonds. The van der Waals surface area contributed by atoms with E-state index in [1.54, 1.807) is 12.1 Å². The monoisotopic (exact) mass is 309 g/mol.